The molecule has 0 N–H and O–H groups in total. The van der Waals surface area contributed by atoms with Gasteiger partial charge in [0.05, 0.1) is 56.7 Å². The second-order valence-electron chi connectivity index (χ2n) is 12.5. The third-order valence-corrected chi connectivity index (χ3v) is 9.73. The van der Waals surface area contributed by atoms with Crippen molar-refractivity contribution in [3.63, 3.8) is 0 Å². The van der Waals surface area contributed by atoms with Crippen LogP contribution in [0.3, 0.4) is 0 Å². The SMILES string of the molecule is Cc1cc(-c2ccc(-c3ccccc3-n3c4ccccc4c4ccccc43)cc2)c(C#N)cc1-n1c2ccccc2c2cc(C#N)ccc21. The Morgan fingerprint density at radius 2 is 0.939 bits per heavy atom. The second kappa shape index (κ2) is 11.1. The van der Waals surface area contributed by atoms with E-state index in [9.17, 15) is 10.5 Å². The average molecular weight is 625 g/mol. The Morgan fingerprint density at radius 1 is 0.429 bits per heavy atom. The molecule has 0 aliphatic heterocycles. The van der Waals surface area contributed by atoms with Crippen LogP contribution in [0.25, 0.3) is 77.2 Å². The van der Waals surface area contributed by atoms with Crippen LogP contribution in [-0.4, -0.2) is 9.13 Å². The molecule has 9 aromatic rings. The lowest BCUT2D eigenvalue weighted by molar-refractivity contribution is 1.15. The predicted molar refractivity (Wildman–Crippen MR) is 200 cm³/mol. The summed E-state index contributed by atoms with van der Waals surface area (Å²) in [6.45, 7) is 2.10. The van der Waals surface area contributed by atoms with Crippen LogP contribution >= 0.6 is 0 Å². The highest BCUT2D eigenvalue weighted by atomic mass is 15.0. The van der Waals surface area contributed by atoms with E-state index >= 15 is 0 Å². The van der Waals surface area contributed by atoms with Gasteiger partial charge in [-0.15, -0.1) is 0 Å². The topological polar surface area (TPSA) is 57.4 Å². The summed E-state index contributed by atoms with van der Waals surface area (Å²) in [6.07, 6.45) is 0. The van der Waals surface area contributed by atoms with Crippen molar-refractivity contribution in [1.29, 1.82) is 10.5 Å². The Hall–Kier alpha value is -6.88. The molecule has 0 aliphatic carbocycles. The molecule has 49 heavy (non-hydrogen) atoms. The maximum absolute atomic E-state index is 10.4. The minimum atomic E-state index is 0.610. The Labute approximate surface area is 283 Å². The van der Waals surface area contributed by atoms with Crippen molar-refractivity contribution in [2.45, 2.75) is 6.92 Å². The van der Waals surface area contributed by atoms with Crippen LogP contribution in [0.1, 0.15) is 16.7 Å². The quantitative estimate of drug-likeness (QED) is 0.196. The first-order valence-corrected chi connectivity index (χ1v) is 16.3. The monoisotopic (exact) mass is 624 g/mol. The molecule has 0 aliphatic rings. The molecule has 0 saturated heterocycles. The fourth-order valence-corrected chi connectivity index (χ4v) is 7.49. The van der Waals surface area contributed by atoms with Crippen LogP contribution in [0.15, 0.2) is 152 Å². The molecule has 7 aromatic carbocycles. The van der Waals surface area contributed by atoms with Crippen LogP contribution in [0.5, 0.6) is 0 Å². The fraction of sp³-hybridized carbons (Fsp3) is 0.0222. The lowest BCUT2D eigenvalue weighted by atomic mass is 9.94. The third kappa shape index (κ3) is 4.36. The smallest absolute Gasteiger partial charge is 0.0998 e. The Morgan fingerprint density at radius 3 is 1.55 bits per heavy atom. The van der Waals surface area contributed by atoms with Gasteiger partial charge >= 0.3 is 0 Å². The Kier molecular flexibility index (Phi) is 6.44. The van der Waals surface area contributed by atoms with Gasteiger partial charge in [-0.3, -0.25) is 0 Å². The summed E-state index contributed by atoms with van der Waals surface area (Å²) >= 11 is 0. The number of aryl methyl sites for hydroxylation is 1. The van der Waals surface area contributed by atoms with Gasteiger partial charge in [0, 0.05) is 27.1 Å². The number of fused-ring (bicyclic) bond motifs is 6. The van der Waals surface area contributed by atoms with E-state index in [4.69, 9.17) is 0 Å². The Balaban J connectivity index is 1.15. The second-order valence-corrected chi connectivity index (χ2v) is 12.5. The molecule has 4 heteroatoms. The first-order valence-electron chi connectivity index (χ1n) is 16.3. The van der Waals surface area contributed by atoms with Gasteiger partial charge in [0.2, 0.25) is 0 Å². The third-order valence-electron chi connectivity index (χ3n) is 9.73. The number of rotatable bonds is 4. The standard InChI is InChI=1S/C45H28N4/c1-29-24-38(33(28-47)26-45(29)49-43-17-9-5-13-37(43)39-25-30(27-46)18-23-44(39)49)32-21-19-31(20-22-32)34-10-2-6-14-40(34)48-41-15-7-3-11-35(41)36-12-4-8-16-42(36)48/h2-26H,1H3. The van der Waals surface area contributed by atoms with Crippen LogP contribution < -0.4 is 0 Å². The number of para-hydroxylation sites is 4. The van der Waals surface area contributed by atoms with Gasteiger partial charge in [0.1, 0.15) is 0 Å². The molecule has 0 atom stereocenters. The van der Waals surface area contributed by atoms with Crippen LogP contribution in [0.4, 0.5) is 0 Å². The Bertz CT molecular complexity index is 2800. The van der Waals surface area contributed by atoms with Gasteiger partial charge in [-0.05, 0) is 83.8 Å². The van der Waals surface area contributed by atoms with E-state index in [1.54, 1.807) is 0 Å². The summed E-state index contributed by atoms with van der Waals surface area (Å²) in [5.41, 5.74) is 12.9. The first kappa shape index (κ1) is 28.4. The molecular formula is C45H28N4. The van der Waals surface area contributed by atoms with E-state index in [0.717, 1.165) is 61.0 Å². The zero-order valence-corrected chi connectivity index (χ0v) is 26.7. The normalized spacial score (nSPS) is 11.3. The van der Waals surface area contributed by atoms with E-state index in [1.165, 1.54) is 21.8 Å². The molecule has 0 amide bonds. The van der Waals surface area contributed by atoms with Crippen molar-refractivity contribution in [3.8, 4) is 45.8 Å². The highest BCUT2D eigenvalue weighted by Crippen LogP contribution is 2.39. The zero-order chi connectivity index (χ0) is 33.1. The van der Waals surface area contributed by atoms with Crippen molar-refractivity contribution in [3.05, 3.63) is 168 Å². The number of nitriles is 2. The molecule has 9 rings (SSSR count). The highest BCUT2D eigenvalue weighted by Gasteiger charge is 2.18. The highest BCUT2D eigenvalue weighted by molar-refractivity contribution is 6.11. The zero-order valence-electron chi connectivity index (χ0n) is 26.7. The van der Waals surface area contributed by atoms with Gasteiger partial charge in [-0.25, -0.2) is 0 Å². The number of nitrogens with zero attached hydrogens (tertiary/aromatic N) is 4. The molecule has 228 valence electrons. The number of benzene rings is 7. The summed E-state index contributed by atoms with van der Waals surface area (Å²) in [5.74, 6) is 0. The van der Waals surface area contributed by atoms with E-state index < -0.39 is 0 Å². The molecule has 0 saturated carbocycles. The van der Waals surface area contributed by atoms with Crippen LogP contribution in [0.2, 0.25) is 0 Å². The molecule has 0 radical (unpaired) electrons. The minimum Gasteiger partial charge on any atom is -0.309 e. The molecule has 0 spiro atoms. The van der Waals surface area contributed by atoms with E-state index in [1.807, 2.05) is 36.4 Å². The van der Waals surface area contributed by atoms with Crippen LogP contribution in [-0.2, 0) is 0 Å². The molecular weight excluding hydrogens is 597 g/mol. The molecule has 0 fully saturated rings. The largest absolute Gasteiger partial charge is 0.309 e. The van der Waals surface area contributed by atoms with Gasteiger partial charge < -0.3 is 9.13 Å². The summed E-state index contributed by atoms with van der Waals surface area (Å²) in [6, 6.07) is 57.2. The molecule has 2 heterocycles. The molecule has 4 nitrogen and oxygen atoms in total. The van der Waals surface area contributed by atoms with E-state index in [-0.39, 0.29) is 0 Å². The first-order chi connectivity index (χ1) is 24.1. The lowest BCUT2D eigenvalue weighted by Crippen LogP contribution is -2.00. The lowest BCUT2D eigenvalue weighted by Gasteiger charge is -2.16. The van der Waals surface area contributed by atoms with Crippen LogP contribution in [0, 0.1) is 29.6 Å². The van der Waals surface area contributed by atoms with Gasteiger partial charge in [-0.2, -0.15) is 10.5 Å². The van der Waals surface area contributed by atoms with Crippen molar-refractivity contribution in [1.82, 2.24) is 9.13 Å². The summed E-state index contributed by atoms with van der Waals surface area (Å²) in [4.78, 5) is 0. The van der Waals surface area contributed by atoms with Crippen molar-refractivity contribution in [2.75, 3.05) is 0 Å². The van der Waals surface area contributed by atoms with E-state index in [2.05, 4.69) is 143 Å². The molecule has 0 bridgehead atoms. The fourth-order valence-electron chi connectivity index (χ4n) is 7.49. The molecule has 0 unspecified atom stereocenters. The van der Waals surface area contributed by atoms with E-state index in [0.29, 0.717) is 11.1 Å². The average Bonchev–Trinajstić information content (AvgIpc) is 3.67. The summed E-state index contributed by atoms with van der Waals surface area (Å²) in [5, 5.41) is 24.6. The van der Waals surface area contributed by atoms with Crippen molar-refractivity contribution in [2.24, 2.45) is 0 Å². The number of aromatic nitrogens is 2. The molecule has 2 aromatic heterocycles. The minimum absolute atomic E-state index is 0.610. The maximum Gasteiger partial charge on any atom is 0.0998 e. The summed E-state index contributed by atoms with van der Waals surface area (Å²) < 4.78 is 4.57. The number of hydrogen-bond acceptors (Lipinski definition) is 2. The van der Waals surface area contributed by atoms with Gasteiger partial charge in [0.25, 0.3) is 0 Å². The number of hydrogen-bond donors (Lipinski definition) is 0. The van der Waals surface area contributed by atoms with Gasteiger partial charge in [0.15, 0.2) is 0 Å². The van der Waals surface area contributed by atoms with Gasteiger partial charge in [-0.1, -0.05) is 97.1 Å². The maximum atomic E-state index is 10.4. The summed E-state index contributed by atoms with van der Waals surface area (Å²) in [7, 11) is 0. The van der Waals surface area contributed by atoms with Crippen molar-refractivity contribution >= 4 is 43.6 Å². The van der Waals surface area contributed by atoms with Crippen molar-refractivity contribution < 1.29 is 0 Å². The predicted octanol–water partition coefficient (Wildman–Crippen LogP) is 11.3.